The Kier molecular flexibility index (Phi) is 2.08. The zero-order chi connectivity index (χ0) is 12.0. The van der Waals surface area contributed by atoms with Crippen molar-refractivity contribution in [2.75, 3.05) is 0 Å². The lowest BCUT2D eigenvalue weighted by Crippen LogP contribution is -2.69. The van der Waals surface area contributed by atoms with Crippen LogP contribution >= 0.6 is 0 Å². The molecular weight excluding hydrogens is 220 g/mol. The van der Waals surface area contributed by atoms with E-state index in [4.69, 9.17) is 0 Å². The Hall–Kier alpha value is -1.72. The van der Waals surface area contributed by atoms with Gasteiger partial charge < -0.3 is 5.11 Å². The quantitative estimate of drug-likeness (QED) is 0.791. The van der Waals surface area contributed by atoms with Gasteiger partial charge in [-0.1, -0.05) is 6.92 Å². The fourth-order valence-electron chi connectivity index (χ4n) is 3.40. The number of carboxylic acid groups (broad SMARTS) is 1. The van der Waals surface area contributed by atoms with E-state index < -0.39 is 11.6 Å². The highest BCUT2D eigenvalue weighted by molar-refractivity contribution is 5.69. The normalized spacial score (nSPS) is 35.2. The Labute approximate surface area is 98.7 Å². The molecule has 4 rings (SSSR count). The van der Waals surface area contributed by atoms with Crippen LogP contribution in [-0.2, 0) is 5.54 Å². The van der Waals surface area contributed by atoms with Crippen molar-refractivity contribution in [3.05, 3.63) is 18.2 Å². The maximum absolute atomic E-state index is 11.3. The van der Waals surface area contributed by atoms with Crippen LogP contribution in [0, 0.1) is 5.92 Å². The zero-order valence-electron chi connectivity index (χ0n) is 9.58. The molecule has 2 saturated heterocycles. The molecule has 2 aliphatic heterocycles. The summed E-state index contributed by atoms with van der Waals surface area (Å²) in [7, 11) is 0. The molecule has 6 heteroatoms. The molecule has 1 aromatic rings. The van der Waals surface area contributed by atoms with Crippen LogP contribution in [0.25, 0.3) is 0 Å². The first-order valence-corrected chi connectivity index (χ1v) is 5.80. The third-order valence-electron chi connectivity index (χ3n) is 3.87. The van der Waals surface area contributed by atoms with Crippen molar-refractivity contribution in [2.24, 2.45) is 5.92 Å². The van der Waals surface area contributed by atoms with E-state index in [1.54, 1.807) is 6.20 Å². The van der Waals surface area contributed by atoms with Crippen LogP contribution in [0.3, 0.4) is 0 Å². The van der Waals surface area contributed by atoms with E-state index in [9.17, 15) is 9.90 Å². The van der Waals surface area contributed by atoms with Crippen LogP contribution in [-0.4, -0.2) is 37.3 Å². The third-order valence-corrected chi connectivity index (χ3v) is 3.87. The molecular formula is C11H14N4O2. The fourth-order valence-corrected chi connectivity index (χ4v) is 3.40. The second-order valence-corrected chi connectivity index (χ2v) is 5.05. The number of aromatic nitrogens is 3. The molecule has 1 saturated carbocycles. The Morgan fingerprint density at radius 2 is 2.35 bits per heavy atom. The van der Waals surface area contributed by atoms with Crippen molar-refractivity contribution in [3.63, 3.8) is 0 Å². The lowest BCUT2D eigenvalue weighted by atomic mass is 9.64. The average molecular weight is 234 g/mol. The molecule has 0 spiro atoms. The molecule has 6 nitrogen and oxygen atoms in total. The summed E-state index contributed by atoms with van der Waals surface area (Å²) in [5.41, 5.74) is -0.525. The topological polar surface area (TPSA) is 79.2 Å². The van der Waals surface area contributed by atoms with E-state index >= 15 is 0 Å². The smallest absolute Gasteiger partial charge is 0.408 e. The first kappa shape index (κ1) is 10.4. The Morgan fingerprint density at radius 1 is 1.53 bits per heavy atom. The number of hydrogen-bond acceptors (Lipinski definition) is 4. The van der Waals surface area contributed by atoms with Gasteiger partial charge >= 0.3 is 6.09 Å². The summed E-state index contributed by atoms with van der Waals surface area (Å²) >= 11 is 0. The summed E-state index contributed by atoms with van der Waals surface area (Å²) in [6, 6.07) is 0.125. The molecule has 3 atom stereocenters. The molecule has 0 radical (unpaired) electrons. The predicted molar refractivity (Wildman–Crippen MR) is 58.2 cm³/mol. The number of nitrogens with zero attached hydrogens (tertiary/aromatic N) is 4. The second-order valence-electron chi connectivity index (χ2n) is 5.05. The highest BCUT2D eigenvalue weighted by atomic mass is 16.4. The van der Waals surface area contributed by atoms with Crippen molar-refractivity contribution in [1.29, 1.82) is 0 Å². The number of amides is 1. The van der Waals surface area contributed by atoms with Crippen LogP contribution in [0.15, 0.2) is 12.4 Å². The van der Waals surface area contributed by atoms with E-state index in [-0.39, 0.29) is 6.04 Å². The van der Waals surface area contributed by atoms with Gasteiger partial charge in [-0.25, -0.2) is 9.78 Å². The number of rotatable bonds is 1. The minimum Gasteiger partial charge on any atom is -0.465 e. The molecule has 1 amide bonds. The van der Waals surface area contributed by atoms with Crippen molar-refractivity contribution >= 4 is 6.09 Å². The number of hydrogen-bond donors (Lipinski definition) is 1. The van der Waals surface area contributed by atoms with Crippen LogP contribution in [0.1, 0.15) is 32.0 Å². The number of carbonyl (C=O) groups is 1. The highest BCUT2D eigenvalue weighted by Crippen LogP contribution is 2.54. The van der Waals surface area contributed by atoms with Gasteiger partial charge in [-0.3, -0.25) is 4.90 Å². The summed E-state index contributed by atoms with van der Waals surface area (Å²) in [6.45, 7) is 2.15. The fraction of sp³-hybridized carbons (Fsp3) is 0.636. The first-order valence-electron chi connectivity index (χ1n) is 5.80. The molecule has 2 bridgehead atoms. The summed E-state index contributed by atoms with van der Waals surface area (Å²) < 4.78 is 0. The molecule has 0 aromatic carbocycles. The molecule has 3 heterocycles. The first-order chi connectivity index (χ1) is 8.13. The van der Waals surface area contributed by atoms with Gasteiger partial charge in [0.1, 0.15) is 5.54 Å². The number of piperidine rings is 1. The minimum atomic E-state index is -0.874. The lowest BCUT2D eigenvalue weighted by molar-refractivity contribution is -0.116. The average Bonchev–Trinajstić information content (AvgIpc) is 2.28. The number of fused-ring (bicyclic) bond motifs is 2. The third kappa shape index (κ3) is 1.33. The van der Waals surface area contributed by atoms with Crippen molar-refractivity contribution in [1.82, 2.24) is 20.1 Å². The highest BCUT2D eigenvalue weighted by Gasteiger charge is 2.61. The van der Waals surface area contributed by atoms with E-state index in [0.717, 1.165) is 19.3 Å². The van der Waals surface area contributed by atoms with Gasteiger partial charge in [-0.15, -0.1) is 5.10 Å². The molecule has 90 valence electrons. The summed E-state index contributed by atoms with van der Waals surface area (Å²) in [5.74, 6) is 1.05. The lowest BCUT2D eigenvalue weighted by Gasteiger charge is -2.60. The van der Waals surface area contributed by atoms with Gasteiger partial charge in [0.2, 0.25) is 0 Å². The van der Waals surface area contributed by atoms with Crippen LogP contribution in [0.4, 0.5) is 4.79 Å². The molecule has 3 unspecified atom stereocenters. The molecule has 3 aliphatic rings. The van der Waals surface area contributed by atoms with Gasteiger partial charge in [-0.2, -0.15) is 5.10 Å². The van der Waals surface area contributed by atoms with Gasteiger partial charge in [0.05, 0.1) is 6.20 Å². The Morgan fingerprint density at radius 3 is 3.00 bits per heavy atom. The monoisotopic (exact) mass is 234 g/mol. The standard InChI is InChI=1S/C11H14N4O2/c1-7-4-8-6-11(5-7,15(8)10(16)17)9-12-2-3-13-14-9/h2-3,7-8H,4-6H2,1H3,(H,16,17). The van der Waals surface area contributed by atoms with Crippen LogP contribution < -0.4 is 0 Å². The molecule has 1 N–H and O–H groups in total. The van der Waals surface area contributed by atoms with Crippen LogP contribution in [0.5, 0.6) is 0 Å². The van der Waals surface area contributed by atoms with Crippen molar-refractivity contribution in [3.8, 4) is 0 Å². The van der Waals surface area contributed by atoms with E-state index in [0.29, 0.717) is 11.7 Å². The minimum absolute atomic E-state index is 0.125. The molecule has 1 aromatic heterocycles. The molecule has 1 aliphatic carbocycles. The van der Waals surface area contributed by atoms with E-state index in [2.05, 4.69) is 22.1 Å². The SMILES string of the molecule is CC1CC2CC(c3nccnn3)(C1)N2C(=O)O. The van der Waals surface area contributed by atoms with E-state index in [1.165, 1.54) is 11.1 Å². The molecule has 17 heavy (non-hydrogen) atoms. The van der Waals surface area contributed by atoms with Crippen LogP contribution in [0.2, 0.25) is 0 Å². The van der Waals surface area contributed by atoms with Gasteiger partial charge in [0.15, 0.2) is 5.82 Å². The maximum atomic E-state index is 11.3. The van der Waals surface area contributed by atoms with Gasteiger partial charge in [0.25, 0.3) is 0 Å². The summed E-state index contributed by atoms with van der Waals surface area (Å²) in [6.07, 6.45) is 4.77. The largest absolute Gasteiger partial charge is 0.465 e. The van der Waals surface area contributed by atoms with Gasteiger partial charge in [0, 0.05) is 12.2 Å². The van der Waals surface area contributed by atoms with E-state index in [1.807, 2.05) is 0 Å². The maximum Gasteiger partial charge on any atom is 0.408 e. The Balaban J connectivity index is 2.01. The van der Waals surface area contributed by atoms with Gasteiger partial charge in [-0.05, 0) is 25.2 Å². The van der Waals surface area contributed by atoms with Crippen molar-refractivity contribution in [2.45, 2.75) is 37.8 Å². The van der Waals surface area contributed by atoms with Crippen molar-refractivity contribution < 1.29 is 9.90 Å². The molecule has 3 fully saturated rings. The zero-order valence-corrected chi connectivity index (χ0v) is 9.58. The Bertz CT molecular complexity index is 452. The summed E-state index contributed by atoms with van der Waals surface area (Å²) in [4.78, 5) is 17.0. The second kappa shape index (κ2) is 3.38. The predicted octanol–water partition coefficient (Wildman–Crippen LogP) is 1.25. The summed E-state index contributed by atoms with van der Waals surface area (Å²) in [5, 5.41) is 17.1.